The minimum atomic E-state index is -1.04. The SMILES string of the molecule is CCCCCCCC/C=C\CCCCCCCCOC(=O)CCSCCC(=O)[O-].CCCCCCCC/C=C\CCCCCCCCOC(=O)CCSCCC(=O)[O-].[Mg+2]. The Morgan fingerprint density at radius 3 is 0.932 bits per heavy atom. The minimum Gasteiger partial charge on any atom is -0.550 e. The van der Waals surface area contributed by atoms with Crippen molar-refractivity contribution in [2.45, 2.75) is 219 Å². The molecule has 340 valence electrons. The molecule has 0 saturated heterocycles. The van der Waals surface area contributed by atoms with E-state index < -0.39 is 11.9 Å². The molecule has 59 heavy (non-hydrogen) atoms. The van der Waals surface area contributed by atoms with Gasteiger partial charge in [-0.1, -0.05) is 154 Å². The van der Waals surface area contributed by atoms with Crippen LogP contribution in [0.4, 0.5) is 0 Å². The van der Waals surface area contributed by atoms with Crippen LogP contribution in [0.25, 0.3) is 0 Å². The molecule has 11 heteroatoms. The fourth-order valence-corrected chi connectivity index (χ4v) is 7.69. The van der Waals surface area contributed by atoms with Crippen molar-refractivity contribution in [1.29, 1.82) is 0 Å². The zero-order valence-electron chi connectivity index (χ0n) is 38.0. The van der Waals surface area contributed by atoms with Gasteiger partial charge in [-0.2, -0.15) is 23.5 Å². The number of carboxylic acid groups (broad SMARTS) is 2. The van der Waals surface area contributed by atoms with Crippen LogP contribution < -0.4 is 10.2 Å². The second-order valence-electron chi connectivity index (χ2n) is 15.3. The predicted octanol–water partition coefficient (Wildman–Crippen LogP) is 11.3. The summed E-state index contributed by atoms with van der Waals surface area (Å²) in [5.41, 5.74) is 0. The predicted molar refractivity (Wildman–Crippen MR) is 250 cm³/mol. The van der Waals surface area contributed by atoms with Crippen molar-refractivity contribution < 1.29 is 38.9 Å². The van der Waals surface area contributed by atoms with E-state index >= 15 is 0 Å². The normalized spacial score (nSPS) is 11.0. The topological polar surface area (TPSA) is 133 Å². The fourth-order valence-electron chi connectivity index (χ4n) is 6.04. The maximum atomic E-state index is 11.5. The molecule has 8 nitrogen and oxygen atoms in total. The molecular weight excluding hydrogens is 793 g/mol. The molecule has 0 aromatic heterocycles. The molecule has 0 atom stereocenters. The number of carbonyl (C=O) groups is 4. The van der Waals surface area contributed by atoms with E-state index in [1.54, 1.807) is 0 Å². The number of unbranched alkanes of at least 4 members (excludes halogenated alkanes) is 24. The summed E-state index contributed by atoms with van der Waals surface area (Å²) in [7, 11) is 0. The number of carboxylic acids is 2. The molecule has 0 bridgehead atoms. The molecular formula is C48H86MgO8S2. The Balaban J connectivity index is -0.00000105. The number of carbonyl (C=O) groups excluding carboxylic acids is 4. The van der Waals surface area contributed by atoms with Crippen molar-refractivity contribution in [3.63, 3.8) is 0 Å². The summed E-state index contributed by atoms with van der Waals surface area (Å²) in [6, 6.07) is 0. The molecule has 0 amide bonds. The first-order chi connectivity index (χ1) is 28.3. The first kappa shape index (κ1) is 62.1. The summed E-state index contributed by atoms with van der Waals surface area (Å²) in [6.07, 6.45) is 45.6. The van der Waals surface area contributed by atoms with E-state index in [0.717, 1.165) is 25.7 Å². The molecule has 0 aromatic rings. The third kappa shape index (κ3) is 61.2. The zero-order valence-corrected chi connectivity index (χ0v) is 41.0. The van der Waals surface area contributed by atoms with E-state index in [1.807, 2.05) is 0 Å². The molecule has 0 saturated carbocycles. The molecule has 0 rings (SSSR count). The average molecular weight is 880 g/mol. The van der Waals surface area contributed by atoms with E-state index in [4.69, 9.17) is 9.47 Å². The van der Waals surface area contributed by atoms with Gasteiger partial charge < -0.3 is 29.3 Å². The average Bonchev–Trinajstić information content (AvgIpc) is 3.20. The van der Waals surface area contributed by atoms with Crippen LogP contribution >= 0.6 is 23.5 Å². The van der Waals surface area contributed by atoms with Gasteiger partial charge in [0.1, 0.15) is 0 Å². The fraction of sp³-hybridized carbons (Fsp3) is 0.833. The molecule has 0 unspecified atom stereocenters. The Kier molecular flexibility index (Phi) is 57.7. The van der Waals surface area contributed by atoms with Crippen LogP contribution in [-0.4, -0.2) is 83.2 Å². The van der Waals surface area contributed by atoms with Crippen LogP contribution in [-0.2, 0) is 28.7 Å². The molecule has 0 heterocycles. The Hall–Kier alpha value is -1.17. The van der Waals surface area contributed by atoms with Gasteiger partial charge in [-0.05, 0) is 88.6 Å². The van der Waals surface area contributed by atoms with Crippen LogP contribution in [0.2, 0.25) is 0 Å². The van der Waals surface area contributed by atoms with Crippen molar-refractivity contribution in [3.8, 4) is 0 Å². The van der Waals surface area contributed by atoms with Crippen molar-refractivity contribution in [1.82, 2.24) is 0 Å². The second kappa shape index (κ2) is 54.8. The summed E-state index contributed by atoms with van der Waals surface area (Å²) in [5.74, 6) is -0.244. The number of aliphatic carboxylic acids is 2. The van der Waals surface area contributed by atoms with Crippen molar-refractivity contribution in [2.75, 3.05) is 36.2 Å². The van der Waals surface area contributed by atoms with E-state index in [9.17, 15) is 29.4 Å². The Morgan fingerprint density at radius 1 is 0.390 bits per heavy atom. The van der Waals surface area contributed by atoms with Gasteiger partial charge in [0.2, 0.25) is 0 Å². The van der Waals surface area contributed by atoms with E-state index in [0.29, 0.717) is 49.1 Å². The summed E-state index contributed by atoms with van der Waals surface area (Å²) in [6.45, 7) is 5.53. The molecule has 0 fully saturated rings. The first-order valence-corrected chi connectivity index (χ1v) is 25.8. The Bertz CT molecular complexity index is 903. The largest absolute Gasteiger partial charge is 2.00 e. The molecule has 0 aliphatic carbocycles. The smallest absolute Gasteiger partial charge is 0.550 e. The number of esters is 2. The van der Waals surface area contributed by atoms with Crippen LogP contribution in [0.3, 0.4) is 0 Å². The number of ether oxygens (including phenoxy) is 2. The van der Waals surface area contributed by atoms with Gasteiger partial charge in [0.15, 0.2) is 0 Å². The van der Waals surface area contributed by atoms with Gasteiger partial charge in [-0.15, -0.1) is 0 Å². The van der Waals surface area contributed by atoms with Gasteiger partial charge in [0, 0.05) is 23.4 Å². The van der Waals surface area contributed by atoms with E-state index in [1.165, 1.54) is 178 Å². The summed E-state index contributed by atoms with van der Waals surface area (Å²) < 4.78 is 10.4. The number of allylic oxidation sites excluding steroid dienone is 4. The zero-order chi connectivity index (χ0) is 42.8. The number of hydrogen-bond acceptors (Lipinski definition) is 10. The number of thioether (sulfide) groups is 2. The van der Waals surface area contributed by atoms with Crippen molar-refractivity contribution in [2.24, 2.45) is 0 Å². The number of hydrogen-bond donors (Lipinski definition) is 0. The van der Waals surface area contributed by atoms with Crippen molar-refractivity contribution >= 4 is 70.5 Å². The third-order valence-corrected chi connectivity index (χ3v) is 11.6. The van der Waals surface area contributed by atoms with Crippen LogP contribution in [0.15, 0.2) is 24.3 Å². The molecule has 0 aromatic carbocycles. The molecule has 0 radical (unpaired) electrons. The quantitative estimate of drug-likeness (QED) is 0.0252. The summed E-state index contributed by atoms with van der Waals surface area (Å²) in [5, 5.41) is 20.5. The monoisotopic (exact) mass is 879 g/mol. The maximum absolute atomic E-state index is 11.5. The van der Waals surface area contributed by atoms with E-state index in [2.05, 4.69) is 38.2 Å². The van der Waals surface area contributed by atoms with Crippen molar-refractivity contribution in [3.05, 3.63) is 24.3 Å². The first-order valence-electron chi connectivity index (χ1n) is 23.5. The van der Waals surface area contributed by atoms with Crippen LogP contribution in [0.1, 0.15) is 219 Å². The van der Waals surface area contributed by atoms with Crippen LogP contribution in [0.5, 0.6) is 0 Å². The summed E-state index contributed by atoms with van der Waals surface area (Å²) >= 11 is 2.90. The standard InChI is InChI=1S/2C24H44O4S.Mg/c2*1-2-3-4-5-6-7-8-9-10-11-12-13-14-15-16-17-20-28-24(27)19-22-29-21-18-23(25)26;/h2*9-10H,2-8,11-22H2,1H3,(H,25,26);/q;;+2/p-2/b2*10-9-;. The molecule has 0 spiro atoms. The summed E-state index contributed by atoms with van der Waals surface area (Å²) in [4.78, 5) is 43.6. The van der Waals surface area contributed by atoms with Gasteiger partial charge in [-0.3, -0.25) is 9.59 Å². The van der Waals surface area contributed by atoms with E-state index in [-0.39, 0.29) is 47.8 Å². The Morgan fingerprint density at radius 2 is 0.644 bits per heavy atom. The van der Waals surface area contributed by atoms with Crippen LogP contribution in [0, 0.1) is 0 Å². The van der Waals surface area contributed by atoms with Gasteiger partial charge in [-0.25, -0.2) is 0 Å². The Labute approximate surface area is 386 Å². The third-order valence-electron chi connectivity index (χ3n) is 9.64. The maximum Gasteiger partial charge on any atom is 2.00 e. The van der Waals surface area contributed by atoms with Gasteiger partial charge in [0.05, 0.1) is 26.1 Å². The molecule has 0 aliphatic heterocycles. The molecule has 0 aliphatic rings. The minimum absolute atomic E-state index is 0. The van der Waals surface area contributed by atoms with Gasteiger partial charge in [0.25, 0.3) is 0 Å². The molecule has 0 N–H and O–H groups in total. The van der Waals surface area contributed by atoms with Gasteiger partial charge >= 0.3 is 35.0 Å². The second-order valence-corrected chi connectivity index (χ2v) is 17.7. The number of rotatable bonds is 44.